The van der Waals surface area contributed by atoms with E-state index in [-0.39, 0.29) is 5.89 Å². The van der Waals surface area contributed by atoms with Gasteiger partial charge in [0.15, 0.2) is 0 Å². The number of oxazole rings is 1. The molecule has 8 heteroatoms. The highest BCUT2D eigenvalue weighted by atomic mass is 79.9. The van der Waals surface area contributed by atoms with E-state index in [1.807, 2.05) is 0 Å². The average Bonchev–Trinajstić information content (AvgIpc) is 2.82. The third-order valence-corrected chi connectivity index (χ3v) is 3.66. The first-order valence-electron chi connectivity index (χ1n) is 4.21. The molecule has 0 bridgehead atoms. The van der Waals surface area contributed by atoms with Gasteiger partial charge in [-0.2, -0.15) is 0 Å². The zero-order valence-electron chi connectivity index (χ0n) is 8.01. The molecule has 2 N–H and O–H groups in total. The first kappa shape index (κ1) is 11.8. The lowest BCUT2D eigenvalue weighted by Gasteiger charge is -1.89. The summed E-state index contributed by atoms with van der Waals surface area (Å²) in [5.74, 6) is -3.60. The van der Waals surface area contributed by atoms with Gasteiger partial charge in [-0.1, -0.05) is 0 Å². The van der Waals surface area contributed by atoms with Crippen molar-refractivity contribution in [2.75, 3.05) is 0 Å². The van der Waals surface area contributed by atoms with Gasteiger partial charge in [0.2, 0.25) is 17.3 Å². The fourth-order valence-electron chi connectivity index (χ4n) is 1.15. The number of carboxylic acids is 2. The largest absolute Gasteiger partial charge is 0.476 e. The highest BCUT2D eigenvalue weighted by Gasteiger charge is 2.26. The summed E-state index contributed by atoms with van der Waals surface area (Å²) in [6.07, 6.45) is 0. The molecule has 2 aromatic rings. The van der Waals surface area contributed by atoms with Gasteiger partial charge in [-0.05, 0) is 27.4 Å². The first-order valence-corrected chi connectivity index (χ1v) is 5.88. The van der Waals surface area contributed by atoms with Crippen molar-refractivity contribution in [3.8, 4) is 10.8 Å². The Bertz CT molecular complexity index is 571. The maximum Gasteiger partial charge on any atom is 0.374 e. The third kappa shape index (κ3) is 2.08. The van der Waals surface area contributed by atoms with Crippen LogP contribution in [0.4, 0.5) is 0 Å². The van der Waals surface area contributed by atoms with Crippen LogP contribution in [0.5, 0.6) is 0 Å². The zero-order chi connectivity index (χ0) is 12.6. The number of carbonyl (C=O) groups is 2. The Labute approximate surface area is 107 Å². The Hall–Kier alpha value is -1.67. The quantitative estimate of drug-likeness (QED) is 0.902. The van der Waals surface area contributed by atoms with Crippen LogP contribution in [0, 0.1) is 0 Å². The monoisotopic (exact) mass is 317 g/mol. The lowest BCUT2D eigenvalue weighted by molar-refractivity contribution is 0.0624. The lowest BCUT2D eigenvalue weighted by Crippen LogP contribution is -2.05. The van der Waals surface area contributed by atoms with Gasteiger partial charge in [0.25, 0.3) is 0 Å². The normalized spacial score (nSPS) is 10.4. The summed E-state index contributed by atoms with van der Waals surface area (Å²) >= 11 is 4.49. The Morgan fingerprint density at radius 2 is 2.06 bits per heavy atom. The van der Waals surface area contributed by atoms with Crippen molar-refractivity contribution in [1.29, 1.82) is 0 Å². The van der Waals surface area contributed by atoms with Gasteiger partial charge in [-0.15, -0.1) is 11.3 Å². The van der Waals surface area contributed by atoms with Crippen molar-refractivity contribution in [3.05, 3.63) is 27.4 Å². The molecule has 0 amide bonds. The summed E-state index contributed by atoms with van der Waals surface area (Å²) in [5, 5.41) is 19.3. The van der Waals surface area contributed by atoms with Gasteiger partial charge in [-0.3, -0.25) is 0 Å². The molecule has 17 heavy (non-hydrogen) atoms. The SMILES string of the molecule is O=C(O)c1nc(-c2sccc2Br)oc1C(=O)O. The van der Waals surface area contributed by atoms with Gasteiger partial charge in [0.1, 0.15) is 4.88 Å². The lowest BCUT2D eigenvalue weighted by atomic mass is 10.3. The number of halogens is 1. The van der Waals surface area contributed by atoms with E-state index in [2.05, 4.69) is 20.9 Å². The van der Waals surface area contributed by atoms with Crippen LogP contribution in [-0.4, -0.2) is 27.1 Å². The first-order chi connectivity index (χ1) is 8.00. The van der Waals surface area contributed by atoms with Gasteiger partial charge in [0.05, 0.1) is 0 Å². The average molecular weight is 318 g/mol. The van der Waals surface area contributed by atoms with E-state index in [4.69, 9.17) is 14.6 Å². The molecule has 2 aromatic heterocycles. The number of aromatic nitrogens is 1. The second-order valence-corrected chi connectivity index (χ2v) is 4.68. The number of rotatable bonds is 3. The summed E-state index contributed by atoms with van der Waals surface area (Å²) in [7, 11) is 0. The Morgan fingerprint density at radius 1 is 1.35 bits per heavy atom. The highest BCUT2D eigenvalue weighted by Crippen LogP contribution is 2.33. The molecule has 2 rings (SSSR count). The number of thiophene rings is 1. The molecule has 0 aliphatic heterocycles. The number of hydrogen-bond acceptors (Lipinski definition) is 5. The second-order valence-electron chi connectivity index (χ2n) is 2.90. The van der Waals surface area contributed by atoms with Crippen LogP contribution in [0.1, 0.15) is 21.0 Å². The summed E-state index contributed by atoms with van der Waals surface area (Å²) in [5.41, 5.74) is -0.604. The van der Waals surface area contributed by atoms with Crippen LogP contribution in [0.15, 0.2) is 20.3 Å². The summed E-state index contributed by atoms with van der Waals surface area (Å²) in [6, 6.07) is 1.73. The third-order valence-electron chi connectivity index (χ3n) is 1.84. The van der Waals surface area contributed by atoms with Gasteiger partial charge in [0, 0.05) is 4.47 Å². The number of nitrogens with zero attached hydrogens (tertiary/aromatic N) is 1. The van der Waals surface area contributed by atoms with Crippen molar-refractivity contribution in [2.24, 2.45) is 0 Å². The Morgan fingerprint density at radius 3 is 2.47 bits per heavy atom. The highest BCUT2D eigenvalue weighted by molar-refractivity contribution is 9.10. The van der Waals surface area contributed by atoms with Crippen molar-refractivity contribution in [2.45, 2.75) is 0 Å². The maximum absolute atomic E-state index is 10.8. The Balaban J connectivity index is 2.59. The van der Waals surface area contributed by atoms with Crippen LogP contribution in [0.2, 0.25) is 0 Å². The summed E-state index contributed by atoms with van der Waals surface area (Å²) < 4.78 is 5.62. The predicted molar refractivity (Wildman–Crippen MR) is 61.4 cm³/mol. The molecule has 0 atom stereocenters. The van der Waals surface area contributed by atoms with Crippen molar-refractivity contribution >= 4 is 39.2 Å². The van der Waals surface area contributed by atoms with Crippen molar-refractivity contribution < 1.29 is 24.2 Å². The fourth-order valence-corrected chi connectivity index (χ4v) is 2.62. The molecule has 6 nitrogen and oxygen atoms in total. The van der Waals surface area contributed by atoms with E-state index in [0.717, 1.165) is 0 Å². The molecule has 2 heterocycles. The minimum Gasteiger partial charge on any atom is -0.476 e. The van der Waals surface area contributed by atoms with E-state index in [1.54, 1.807) is 11.4 Å². The number of aromatic carboxylic acids is 2. The van der Waals surface area contributed by atoms with Crippen molar-refractivity contribution in [3.63, 3.8) is 0 Å². The molecule has 0 aliphatic rings. The minimum absolute atomic E-state index is 0.0262. The zero-order valence-corrected chi connectivity index (χ0v) is 10.4. The predicted octanol–water partition coefficient (Wildman–Crippen LogP) is 2.56. The van der Waals surface area contributed by atoms with Gasteiger partial charge in [-0.25, -0.2) is 14.6 Å². The Kier molecular flexibility index (Phi) is 2.99. The van der Waals surface area contributed by atoms with Crippen LogP contribution in [0.3, 0.4) is 0 Å². The fraction of sp³-hybridized carbons (Fsp3) is 0. The molecule has 0 fully saturated rings. The molecule has 0 saturated carbocycles. The molecule has 0 aliphatic carbocycles. The molecule has 0 unspecified atom stereocenters. The summed E-state index contributed by atoms with van der Waals surface area (Å²) in [4.78, 5) is 25.8. The molecule has 0 radical (unpaired) electrons. The van der Waals surface area contributed by atoms with E-state index in [1.165, 1.54) is 11.3 Å². The number of hydrogen-bond donors (Lipinski definition) is 2. The smallest absolute Gasteiger partial charge is 0.374 e. The molecule has 0 saturated heterocycles. The molecule has 88 valence electrons. The van der Waals surface area contributed by atoms with Crippen molar-refractivity contribution in [1.82, 2.24) is 4.98 Å². The molecular formula is C9H4BrNO5S. The summed E-state index contributed by atoms with van der Waals surface area (Å²) in [6.45, 7) is 0. The molecule has 0 aromatic carbocycles. The van der Waals surface area contributed by atoms with Crippen LogP contribution in [-0.2, 0) is 0 Å². The van der Waals surface area contributed by atoms with Gasteiger partial charge >= 0.3 is 11.9 Å². The maximum atomic E-state index is 10.8. The minimum atomic E-state index is -1.46. The van der Waals surface area contributed by atoms with Gasteiger partial charge < -0.3 is 14.6 Å². The van der Waals surface area contributed by atoms with Crippen LogP contribution >= 0.6 is 27.3 Å². The van der Waals surface area contributed by atoms with E-state index in [9.17, 15) is 9.59 Å². The van der Waals surface area contributed by atoms with E-state index in [0.29, 0.717) is 9.35 Å². The van der Waals surface area contributed by atoms with Crippen LogP contribution < -0.4 is 0 Å². The second kappa shape index (κ2) is 4.30. The standard InChI is InChI=1S/C9H4BrNO5S/c10-3-1-2-17-6(3)7-11-4(8(12)13)5(16-7)9(14)15/h1-2H,(H,12,13)(H,14,15). The molecular weight excluding hydrogens is 314 g/mol. The topological polar surface area (TPSA) is 101 Å². The van der Waals surface area contributed by atoms with Crippen LogP contribution in [0.25, 0.3) is 10.8 Å². The van der Waals surface area contributed by atoms with E-state index >= 15 is 0 Å². The molecule has 0 spiro atoms. The van der Waals surface area contributed by atoms with E-state index < -0.39 is 23.4 Å². The number of carboxylic acid groups (broad SMARTS) is 2.